The van der Waals surface area contributed by atoms with Crippen LogP contribution < -0.4 is 10.1 Å². The Labute approximate surface area is 110 Å². The molecule has 2 nitrogen and oxygen atoms in total. The van der Waals surface area contributed by atoms with Gasteiger partial charge in [-0.3, -0.25) is 0 Å². The van der Waals surface area contributed by atoms with Crippen molar-refractivity contribution in [1.29, 1.82) is 0 Å². The van der Waals surface area contributed by atoms with Crippen LogP contribution in [-0.2, 0) is 0 Å². The molecule has 0 radical (unpaired) electrons. The molecule has 16 heavy (non-hydrogen) atoms. The van der Waals surface area contributed by atoms with Gasteiger partial charge in [-0.25, -0.2) is 0 Å². The van der Waals surface area contributed by atoms with Crippen LogP contribution in [0, 0.1) is 0 Å². The first-order chi connectivity index (χ1) is 7.66. The van der Waals surface area contributed by atoms with E-state index in [1.807, 2.05) is 0 Å². The summed E-state index contributed by atoms with van der Waals surface area (Å²) < 4.78 is 5.78. The van der Waals surface area contributed by atoms with Gasteiger partial charge in [0.15, 0.2) is 0 Å². The van der Waals surface area contributed by atoms with Crippen LogP contribution in [0.4, 0.5) is 0 Å². The summed E-state index contributed by atoms with van der Waals surface area (Å²) in [6, 6.07) is 3.28. The van der Waals surface area contributed by atoms with Gasteiger partial charge in [0, 0.05) is 12.6 Å². The molecule has 1 aromatic carbocycles. The lowest BCUT2D eigenvalue weighted by Gasteiger charge is -2.24. The maximum absolute atomic E-state index is 6.03. The molecular weight excluding hydrogens is 268 g/mol. The summed E-state index contributed by atoms with van der Waals surface area (Å²) in [5.74, 6) is 0.602. The lowest BCUT2D eigenvalue weighted by molar-refractivity contribution is 0.167. The second-order valence-corrected chi connectivity index (χ2v) is 5.00. The molecule has 0 aliphatic carbocycles. The van der Waals surface area contributed by atoms with Crippen LogP contribution in [-0.4, -0.2) is 19.2 Å². The highest BCUT2D eigenvalue weighted by molar-refractivity contribution is 6.43. The number of hydrogen-bond donors (Lipinski definition) is 1. The Morgan fingerprint density at radius 2 is 1.88 bits per heavy atom. The predicted octanol–water partition coefficient (Wildman–Crippen LogP) is 3.78. The first-order valence-corrected chi connectivity index (χ1v) is 6.32. The van der Waals surface area contributed by atoms with E-state index in [9.17, 15) is 0 Å². The van der Waals surface area contributed by atoms with Gasteiger partial charge in [-0.1, -0.05) is 34.8 Å². The fourth-order valence-electron chi connectivity index (χ4n) is 1.69. The highest BCUT2D eigenvalue weighted by Crippen LogP contribution is 2.34. The van der Waals surface area contributed by atoms with Gasteiger partial charge in [-0.05, 0) is 25.5 Å². The van der Waals surface area contributed by atoms with Crippen molar-refractivity contribution in [3.8, 4) is 5.75 Å². The molecular formula is C11H12Cl3NO. The molecule has 1 fully saturated rings. The Hall–Kier alpha value is -0.150. The maximum atomic E-state index is 6.03. The Bertz CT molecular complexity index is 378. The summed E-state index contributed by atoms with van der Waals surface area (Å²) in [6.45, 7) is 1.89. The first-order valence-electron chi connectivity index (χ1n) is 5.19. The average molecular weight is 281 g/mol. The van der Waals surface area contributed by atoms with E-state index in [4.69, 9.17) is 39.5 Å². The molecule has 0 aromatic heterocycles. The van der Waals surface area contributed by atoms with Gasteiger partial charge in [-0.15, -0.1) is 0 Å². The van der Waals surface area contributed by atoms with Crippen molar-refractivity contribution in [3.63, 3.8) is 0 Å². The molecule has 0 saturated carbocycles. The van der Waals surface area contributed by atoms with E-state index in [1.54, 1.807) is 12.1 Å². The van der Waals surface area contributed by atoms with Crippen LogP contribution in [0.15, 0.2) is 12.1 Å². The van der Waals surface area contributed by atoms with E-state index < -0.39 is 0 Å². The normalized spacial score (nSPS) is 20.8. The molecule has 1 atom stereocenters. The summed E-state index contributed by atoms with van der Waals surface area (Å²) in [5.41, 5.74) is 0. The second kappa shape index (κ2) is 5.46. The molecule has 2 rings (SSSR count). The minimum atomic E-state index is 0.156. The predicted molar refractivity (Wildman–Crippen MR) is 68.0 cm³/mol. The molecule has 5 heteroatoms. The van der Waals surface area contributed by atoms with Gasteiger partial charge in [0.25, 0.3) is 0 Å². The van der Waals surface area contributed by atoms with Crippen LogP contribution in [0.25, 0.3) is 0 Å². The Morgan fingerprint density at radius 3 is 2.56 bits per heavy atom. The van der Waals surface area contributed by atoms with E-state index in [1.165, 1.54) is 0 Å². The summed E-state index contributed by atoms with van der Waals surface area (Å²) in [5, 5.41) is 4.68. The molecule has 1 aliphatic heterocycles. The number of ether oxygens (including phenoxy) is 1. The number of halogens is 3. The van der Waals surface area contributed by atoms with E-state index in [-0.39, 0.29) is 6.10 Å². The third-order valence-corrected chi connectivity index (χ3v) is 3.54. The molecule has 0 spiro atoms. The molecule has 0 bridgehead atoms. The zero-order chi connectivity index (χ0) is 11.5. The first kappa shape index (κ1) is 12.3. The van der Waals surface area contributed by atoms with E-state index >= 15 is 0 Å². The smallest absolute Gasteiger partial charge is 0.139 e. The van der Waals surface area contributed by atoms with Crippen LogP contribution in [0.3, 0.4) is 0 Å². The molecule has 88 valence electrons. The summed E-state index contributed by atoms with van der Waals surface area (Å²) >= 11 is 17.8. The van der Waals surface area contributed by atoms with Crippen molar-refractivity contribution in [1.82, 2.24) is 5.32 Å². The molecule has 1 N–H and O–H groups in total. The SMILES string of the molecule is Clc1cc(Cl)c(O[C@H]2CCCNC2)cc1Cl. The summed E-state index contributed by atoms with van der Waals surface area (Å²) in [7, 11) is 0. The van der Waals surface area contributed by atoms with E-state index in [0.29, 0.717) is 20.8 Å². The third-order valence-electron chi connectivity index (χ3n) is 2.52. The molecule has 0 amide bonds. The lowest BCUT2D eigenvalue weighted by Crippen LogP contribution is -2.37. The average Bonchev–Trinajstić information content (AvgIpc) is 2.27. The molecule has 0 unspecified atom stereocenters. The van der Waals surface area contributed by atoms with Crippen LogP contribution in [0.5, 0.6) is 5.75 Å². The van der Waals surface area contributed by atoms with Crippen LogP contribution in [0.1, 0.15) is 12.8 Å². The van der Waals surface area contributed by atoms with Gasteiger partial charge in [0.1, 0.15) is 11.9 Å². The van der Waals surface area contributed by atoms with Crippen molar-refractivity contribution in [2.75, 3.05) is 13.1 Å². The molecule has 1 saturated heterocycles. The summed E-state index contributed by atoms with van der Waals surface area (Å²) in [4.78, 5) is 0. The Kier molecular flexibility index (Phi) is 4.20. The van der Waals surface area contributed by atoms with Crippen molar-refractivity contribution in [2.24, 2.45) is 0 Å². The minimum Gasteiger partial charge on any atom is -0.487 e. The maximum Gasteiger partial charge on any atom is 0.139 e. The monoisotopic (exact) mass is 279 g/mol. The lowest BCUT2D eigenvalue weighted by atomic mass is 10.1. The number of benzene rings is 1. The second-order valence-electron chi connectivity index (χ2n) is 3.78. The number of hydrogen-bond acceptors (Lipinski definition) is 2. The molecule has 1 aliphatic rings. The zero-order valence-corrected chi connectivity index (χ0v) is 10.9. The largest absolute Gasteiger partial charge is 0.487 e. The highest BCUT2D eigenvalue weighted by atomic mass is 35.5. The Balaban J connectivity index is 2.11. The van der Waals surface area contributed by atoms with Crippen LogP contribution >= 0.6 is 34.8 Å². The Morgan fingerprint density at radius 1 is 1.12 bits per heavy atom. The van der Waals surface area contributed by atoms with Gasteiger partial charge in [0.2, 0.25) is 0 Å². The topological polar surface area (TPSA) is 21.3 Å². The van der Waals surface area contributed by atoms with Gasteiger partial charge < -0.3 is 10.1 Å². The number of piperidine rings is 1. The van der Waals surface area contributed by atoms with Crippen molar-refractivity contribution >= 4 is 34.8 Å². The zero-order valence-electron chi connectivity index (χ0n) is 8.60. The van der Waals surface area contributed by atoms with E-state index in [0.717, 1.165) is 25.9 Å². The minimum absolute atomic E-state index is 0.156. The quantitative estimate of drug-likeness (QED) is 0.833. The molecule has 1 heterocycles. The van der Waals surface area contributed by atoms with Crippen molar-refractivity contribution < 1.29 is 4.74 Å². The number of rotatable bonds is 2. The van der Waals surface area contributed by atoms with Gasteiger partial charge in [0.05, 0.1) is 15.1 Å². The van der Waals surface area contributed by atoms with Gasteiger partial charge in [-0.2, -0.15) is 0 Å². The third kappa shape index (κ3) is 2.95. The van der Waals surface area contributed by atoms with Crippen molar-refractivity contribution in [2.45, 2.75) is 18.9 Å². The van der Waals surface area contributed by atoms with E-state index in [2.05, 4.69) is 5.32 Å². The van der Waals surface area contributed by atoms with Gasteiger partial charge >= 0.3 is 0 Å². The highest BCUT2D eigenvalue weighted by Gasteiger charge is 2.16. The van der Waals surface area contributed by atoms with Crippen LogP contribution in [0.2, 0.25) is 15.1 Å². The molecule has 1 aromatic rings. The number of nitrogens with one attached hydrogen (secondary N) is 1. The fourth-order valence-corrected chi connectivity index (χ4v) is 2.28. The standard InChI is InChI=1S/C11H12Cl3NO/c12-8-4-10(14)11(5-9(8)13)16-7-2-1-3-15-6-7/h4-5,7,15H,1-3,6H2/t7-/m0/s1. The fraction of sp³-hybridized carbons (Fsp3) is 0.455. The van der Waals surface area contributed by atoms with Crippen molar-refractivity contribution in [3.05, 3.63) is 27.2 Å². The summed E-state index contributed by atoms with van der Waals surface area (Å²) in [6.07, 6.45) is 2.30.